The van der Waals surface area contributed by atoms with E-state index in [2.05, 4.69) is 281 Å². The van der Waals surface area contributed by atoms with Crippen molar-refractivity contribution in [3.05, 3.63) is 313 Å². The van der Waals surface area contributed by atoms with Crippen molar-refractivity contribution in [2.24, 2.45) is 0 Å². The molecular formula is C88H52N6S2. The maximum Gasteiger partial charge on any atom is 0.104 e. The van der Waals surface area contributed by atoms with Crippen LogP contribution in [0.1, 0.15) is 11.1 Å². The Bertz CT molecular complexity index is 6760. The van der Waals surface area contributed by atoms with E-state index in [1.165, 1.54) is 0 Å². The molecule has 96 heavy (non-hydrogen) atoms. The molecule has 0 aliphatic rings. The summed E-state index contributed by atoms with van der Waals surface area (Å²) in [6.45, 7) is 9.79. The van der Waals surface area contributed by atoms with Crippen LogP contribution in [0.3, 0.4) is 0 Å². The molecule has 0 radical (unpaired) electrons. The largest absolute Gasteiger partial charge is 0.308 e. The van der Waals surface area contributed by atoms with E-state index in [-0.39, 0.29) is 0 Å². The molecule has 0 aliphatic heterocycles. The molecule has 0 saturated heterocycles. The van der Waals surface area contributed by atoms with Crippen molar-refractivity contribution in [2.75, 3.05) is 0 Å². The Morgan fingerprint density at radius 1 is 0.281 bits per heavy atom. The SMILES string of the molecule is C=c1ccccccc(=C)n1-c1c(C#N)c(-n2c3cccc(-c4ccccc4-c4ccccc4)c3c3ccc4c5ccccc5sc4c32)c(-n2c3ccccc3c3ccccc32)c(C#N)c1-n1c2cc(-c3cccc4ccccc34)ccc2c2ccc3c4ccccc4sc3c21. The smallest absolute Gasteiger partial charge is 0.104 e. The summed E-state index contributed by atoms with van der Waals surface area (Å²) in [4.78, 5) is 0. The van der Waals surface area contributed by atoms with E-state index in [0.717, 1.165) is 150 Å². The molecular weight excluding hydrogens is 1210 g/mol. The highest BCUT2D eigenvalue weighted by Crippen LogP contribution is 2.53. The summed E-state index contributed by atoms with van der Waals surface area (Å²) < 4.78 is 13.4. The molecule has 6 heterocycles. The van der Waals surface area contributed by atoms with Crippen LogP contribution in [0.15, 0.2) is 291 Å². The number of hydrogen-bond acceptors (Lipinski definition) is 4. The lowest BCUT2D eigenvalue weighted by Crippen LogP contribution is -2.31. The molecule has 0 bridgehead atoms. The van der Waals surface area contributed by atoms with Gasteiger partial charge < -0.3 is 18.3 Å². The Hall–Kier alpha value is -12.6. The van der Waals surface area contributed by atoms with Gasteiger partial charge in [0.05, 0.1) is 65.2 Å². The van der Waals surface area contributed by atoms with Crippen LogP contribution in [0.2, 0.25) is 0 Å². The number of rotatable bonds is 7. The van der Waals surface area contributed by atoms with Crippen molar-refractivity contribution in [2.45, 2.75) is 0 Å². The zero-order valence-corrected chi connectivity index (χ0v) is 53.3. The Morgan fingerprint density at radius 3 is 1.36 bits per heavy atom. The fourth-order valence-electron chi connectivity index (χ4n) is 15.6. The third-order valence-electron chi connectivity index (χ3n) is 19.6. The Kier molecular flexibility index (Phi) is 12.3. The number of nitrogens with zero attached hydrogens (tertiary/aromatic N) is 6. The summed E-state index contributed by atoms with van der Waals surface area (Å²) in [7, 11) is 0. The fraction of sp³-hybridized carbons (Fsp3) is 0. The molecule has 0 atom stereocenters. The molecule has 6 nitrogen and oxygen atoms in total. The molecule has 0 spiro atoms. The van der Waals surface area contributed by atoms with Crippen LogP contribution in [0.25, 0.3) is 186 Å². The van der Waals surface area contributed by atoms with Gasteiger partial charge in [0.2, 0.25) is 0 Å². The van der Waals surface area contributed by atoms with Gasteiger partial charge in [-0.25, -0.2) is 0 Å². The minimum absolute atomic E-state index is 0.313. The second-order valence-corrected chi connectivity index (χ2v) is 26.7. The molecule has 0 amide bonds. The van der Waals surface area contributed by atoms with E-state index >= 15 is 0 Å². The molecule has 13 aromatic carbocycles. The topological polar surface area (TPSA) is 67.3 Å². The maximum atomic E-state index is 13.4. The van der Waals surface area contributed by atoms with Gasteiger partial charge in [0, 0.05) is 74.0 Å². The summed E-state index contributed by atoms with van der Waals surface area (Å²) in [5, 5.41) is 40.6. The van der Waals surface area contributed by atoms with E-state index < -0.39 is 0 Å². The highest BCUT2D eigenvalue weighted by molar-refractivity contribution is 7.27. The quantitative estimate of drug-likeness (QED) is 0.160. The van der Waals surface area contributed by atoms with Gasteiger partial charge in [0.25, 0.3) is 0 Å². The van der Waals surface area contributed by atoms with Crippen molar-refractivity contribution in [3.8, 4) is 68.3 Å². The van der Waals surface area contributed by atoms with Crippen LogP contribution in [0.5, 0.6) is 0 Å². The first-order valence-electron chi connectivity index (χ1n) is 32.1. The molecule has 446 valence electrons. The van der Waals surface area contributed by atoms with Gasteiger partial charge in [-0.05, 0) is 92.7 Å². The van der Waals surface area contributed by atoms with E-state index in [4.69, 9.17) is 13.2 Å². The van der Waals surface area contributed by atoms with Crippen LogP contribution < -0.4 is 10.7 Å². The average molecular weight is 1260 g/mol. The number of thiophene rings is 2. The van der Waals surface area contributed by atoms with E-state index in [9.17, 15) is 10.5 Å². The van der Waals surface area contributed by atoms with E-state index in [1.807, 2.05) is 41.0 Å². The van der Waals surface area contributed by atoms with Crippen molar-refractivity contribution < 1.29 is 0 Å². The first-order valence-corrected chi connectivity index (χ1v) is 33.7. The molecule has 19 rings (SSSR count). The lowest BCUT2D eigenvalue weighted by atomic mass is 9.92. The van der Waals surface area contributed by atoms with Gasteiger partial charge in [-0.1, -0.05) is 256 Å². The van der Waals surface area contributed by atoms with E-state index in [0.29, 0.717) is 44.6 Å². The number of benzene rings is 13. The summed E-state index contributed by atoms with van der Waals surface area (Å²) in [6.07, 6.45) is 0. The number of nitriles is 2. The molecule has 0 aliphatic carbocycles. The summed E-state index contributed by atoms with van der Waals surface area (Å²) in [5.74, 6) is 0. The van der Waals surface area contributed by atoms with E-state index in [1.54, 1.807) is 22.7 Å². The van der Waals surface area contributed by atoms with Crippen LogP contribution >= 0.6 is 22.7 Å². The predicted octanol–water partition coefficient (Wildman–Crippen LogP) is 22.3. The summed E-state index contributed by atoms with van der Waals surface area (Å²) >= 11 is 3.50. The molecule has 6 aromatic heterocycles. The molecule has 0 saturated carbocycles. The first kappa shape index (κ1) is 55.1. The Labute approximate surface area is 558 Å². The summed E-state index contributed by atoms with van der Waals surface area (Å²) in [6, 6.07) is 109. The van der Waals surface area contributed by atoms with Gasteiger partial charge >= 0.3 is 0 Å². The van der Waals surface area contributed by atoms with Crippen LogP contribution in [0, 0.1) is 22.7 Å². The van der Waals surface area contributed by atoms with Gasteiger partial charge in [0.15, 0.2) is 0 Å². The lowest BCUT2D eigenvalue weighted by Gasteiger charge is -2.27. The number of para-hydroxylation sites is 2. The van der Waals surface area contributed by atoms with Crippen LogP contribution in [-0.4, -0.2) is 18.3 Å². The monoisotopic (exact) mass is 1260 g/mol. The molecule has 0 N–H and O–H groups in total. The second kappa shape index (κ2) is 21.5. The van der Waals surface area contributed by atoms with Crippen molar-refractivity contribution in [1.82, 2.24) is 18.3 Å². The van der Waals surface area contributed by atoms with Crippen LogP contribution in [0.4, 0.5) is 0 Å². The van der Waals surface area contributed by atoms with Crippen molar-refractivity contribution >= 4 is 152 Å². The third kappa shape index (κ3) is 7.95. The second-order valence-electron chi connectivity index (χ2n) is 24.6. The molecule has 8 heteroatoms. The zero-order chi connectivity index (χ0) is 63.9. The highest BCUT2D eigenvalue weighted by atomic mass is 32.1. The molecule has 0 unspecified atom stereocenters. The van der Waals surface area contributed by atoms with Crippen molar-refractivity contribution in [3.63, 3.8) is 0 Å². The number of aromatic nitrogens is 4. The standard InChI is InChI=1S/C88H52N6S2/c1-53-24-6-3-4-7-25-54(2)91(53)81-72(51-89)84(93-76-41-23-38-67(61-32-13-12-31-59(61)55-26-8-5-9-27-55)80(76)71-49-48-70-66-36-17-21-43-79(66)96-88(70)86(71)93)82(92-74-39-18-14-33-62(74)63-34-15-19-40-75(63)92)73(52-90)83(81)94-77-50-57(60-37-22-29-56-28-10-11-30-58(56)60)44-45-64(77)68-46-47-69-65-35-16-20-42-78(65)95-87(69)85(68)94/h3-50H,1-2H2. The van der Waals surface area contributed by atoms with Crippen LogP contribution in [-0.2, 0) is 0 Å². The molecule has 0 fully saturated rings. The Balaban J connectivity index is 1.10. The lowest BCUT2D eigenvalue weighted by molar-refractivity contribution is 0.936. The summed E-state index contributed by atoms with van der Waals surface area (Å²) in [5.41, 5.74) is 14.4. The number of fused-ring (bicyclic) bond motifs is 18. The van der Waals surface area contributed by atoms with Crippen molar-refractivity contribution in [1.29, 1.82) is 10.5 Å². The predicted molar refractivity (Wildman–Crippen MR) is 406 cm³/mol. The van der Waals surface area contributed by atoms with Gasteiger partial charge in [-0.3, -0.25) is 0 Å². The molecule has 19 aromatic rings. The third-order valence-corrected chi connectivity index (χ3v) is 21.9. The first-order chi connectivity index (χ1) is 47.4. The average Bonchev–Trinajstić information content (AvgIpc) is 1.49. The number of hydrogen-bond donors (Lipinski definition) is 0. The highest BCUT2D eigenvalue weighted by Gasteiger charge is 2.35. The Morgan fingerprint density at radius 2 is 0.708 bits per heavy atom. The minimum atomic E-state index is 0.313. The van der Waals surface area contributed by atoms with Gasteiger partial charge in [0.1, 0.15) is 23.3 Å². The fourth-order valence-corrected chi connectivity index (χ4v) is 18.0. The minimum Gasteiger partial charge on any atom is -0.308 e. The maximum absolute atomic E-state index is 13.4. The zero-order valence-electron chi connectivity index (χ0n) is 51.6. The van der Waals surface area contributed by atoms with Gasteiger partial charge in [-0.2, -0.15) is 10.5 Å². The normalized spacial score (nSPS) is 11.8. The van der Waals surface area contributed by atoms with Gasteiger partial charge in [-0.15, -0.1) is 22.7 Å².